The van der Waals surface area contributed by atoms with Crippen molar-refractivity contribution in [1.82, 2.24) is 10.2 Å². The van der Waals surface area contributed by atoms with Crippen LogP contribution in [0.5, 0.6) is 11.5 Å². The highest BCUT2D eigenvalue weighted by Gasteiger charge is 2.34. The summed E-state index contributed by atoms with van der Waals surface area (Å²) in [4.78, 5) is 39.0. The molecule has 1 aliphatic rings. The van der Waals surface area contributed by atoms with Crippen LogP contribution in [0.3, 0.4) is 0 Å². The predicted octanol–water partition coefficient (Wildman–Crippen LogP) is 2.47. The average molecular weight is 426 g/mol. The van der Waals surface area contributed by atoms with Gasteiger partial charge in [0.25, 0.3) is 5.91 Å². The third-order valence-electron chi connectivity index (χ3n) is 5.13. The molecular formula is C23H26N2O6. The lowest BCUT2D eigenvalue weighted by Gasteiger charge is -2.28. The predicted molar refractivity (Wildman–Crippen MR) is 113 cm³/mol. The molecule has 0 bridgehead atoms. The number of nitrogens with one attached hydrogen (secondary N) is 1. The number of amides is 2. The molecule has 164 valence electrons. The molecule has 0 saturated heterocycles. The van der Waals surface area contributed by atoms with E-state index in [9.17, 15) is 14.4 Å². The van der Waals surface area contributed by atoms with E-state index in [2.05, 4.69) is 5.32 Å². The monoisotopic (exact) mass is 426 g/mol. The van der Waals surface area contributed by atoms with Crippen LogP contribution in [0.2, 0.25) is 0 Å². The average Bonchev–Trinajstić information content (AvgIpc) is 3.12. The molecule has 0 aliphatic carbocycles. The van der Waals surface area contributed by atoms with Gasteiger partial charge in [-0.2, -0.15) is 0 Å². The molecule has 0 aromatic heterocycles. The van der Waals surface area contributed by atoms with E-state index < -0.39 is 12.0 Å². The van der Waals surface area contributed by atoms with Crippen molar-refractivity contribution in [2.24, 2.45) is 0 Å². The second-order valence-corrected chi connectivity index (χ2v) is 7.01. The van der Waals surface area contributed by atoms with Crippen LogP contribution in [0, 0.1) is 0 Å². The van der Waals surface area contributed by atoms with Gasteiger partial charge in [-0.05, 0) is 36.2 Å². The number of ether oxygens (including phenoxy) is 3. The van der Waals surface area contributed by atoms with Gasteiger partial charge in [0, 0.05) is 12.1 Å². The summed E-state index contributed by atoms with van der Waals surface area (Å²) in [7, 11) is 3.07. The summed E-state index contributed by atoms with van der Waals surface area (Å²) >= 11 is 0. The van der Waals surface area contributed by atoms with E-state index in [1.807, 2.05) is 18.2 Å². The van der Waals surface area contributed by atoms with E-state index in [1.165, 1.54) is 7.11 Å². The molecule has 0 saturated carbocycles. The number of fused-ring (bicyclic) bond motifs is 1. The number of benzene rings is 2. The van der Waals surface area contributed by atoms with Crippen molar-refractivity contribution in [3.63, 3.8) is 0 Å². The Labute approximate surface area is 181 Å². The van der Waals surface area contributed by atoms with Crippen molar-refractivity contribution >= 4 is 17.8 Å². The first-order valence-corrected chi connectivity index (χ1v) is 10.0. The minimum Gasteiger partial charge on any atom is -0.493 e. The van der Waals surface area contributed by atoms with Crippen molar-refractivity contribution in [3.05, 3.63) is 59.2 Å². The molecule has 1 atom stereocenters. The van der Waals surface area contributed by atoms with E-state index in [1.54, 1.807) is 43.2 Å². The van der Waals surface area contributed by atoms with Crippen LogP contribution in [0.25, 0.3) is 0 Å². The maximum atomic E-state index is 13.1. The maximum Gasteiger partial charge on any atom is 0.325 e. The Morgan fingerprint density at radius 2 is 1.84 bits per heavy atom. The van der Waals surface area contributed by atoms with Crippen molar-refractivity contribution in [3.8, 4) is 11.5 Å². The first-order chi connectivity index (χ1) is 15.0. The Bertz CT molecular complexity index is 974. The quantitative estimate of drug-likeness (QED) is 0.619. The molecule has 1 heterocycles. The molecule has 1 aliphatic heterocycles. The third-order valence-corrected chi connectivity index (χ3v) is 5.13. The summed E-state index contributed by atoms with van der Waals surface area (Å²) in [6.07, 6.45) is -0.0192. The van der Waals surface area contributed by atoms with Crippen LogP contribution in [0.1, 0.15) is 40.9 Å². The number of carbonyl (C=O) groups is 3. The van der Waals surface area contributed by atoms with Gasteiger partial charge in [0.05, 0.1) is 33.3 Å². The van der Waals surface area contributed by atoms with Gasteiger partial charge in [0.1, 0.15) is 6.54 Å². The highest BCUT2D eigenvalue weighted by molar-refractivity contribution is 5.99. The lowest BCUT2D eigenvalue weighted by molar-refractivity contribution is -0.143. The normalized spacial score (nSPS) is 13.4. The van der Waals surface area contributed by atoms with E-state index >= 15 is 0 Å². The molecule has 3 rings (SSSR count). The van der Waals surface area contributed by atoms with Gasteiger partial charge < -0.3 is 24.4 Å². The Balaban J connectivity index is 1.87. The number of hydrogen-bond acceptors (Lipinski definition) is 6. The summed E-state index contributed by atoms with van der Waals surface area (Å²) in [5, 5.41) is 2.57. The van der Waals surface area contributed by atoms with E-state index in [0.717, 1.165) is 11.1 Å². The summed E-state index contributed by atoms with van der Waals surface area (Å²) in [5.41, 5.74) is 2.26. The number of hydrogen-bond donors (Lipinski definition) is 1. The molecular weight excluding hydrogens is 400 g/mol. The lowest BCUT2D eigenvalue weighted by atomic mass is 10.0. The van der Waals surface area contributed by atoms with Crippen LogP contribution < -0.4 is 14.8 Å². The fourth-order valence-electron chi connectivity index (χ4n) is 3.63. The molecule has 0 radical (unpaired) electrons. The zero-order valence-electron chi connectivity index (χ0n) is 17.8. The van der Waals surface area contributed by atoms with E-state index in [4.69, 9.17) is 14.2 Å². The molecule has 2 aromatic rings. The molecule has 0 fully saturated rings. The van der Waals surface area contributed by atoms with E-state index in [0.29, 0.717) is 23.6 Å². The van der Waals surface area contributed by atoms with Crippen molar-refractivity contribution in [2.75, 3.05) is 27.4 Å². The van der Waals surface area contributed by atoms with Gasteiger partial charge in [-0.1, -0.05) is 24.3 Å². The molecule has 0 spiro atoms. The Hall–Kier alpha value is -3.55. The van der Waals surface area contributed by atoms with Gasteiger partial charge in [-0.3, -0.25) is 14.4 Å². The SMILES string of the molecule is CCOC(=O)CNC(=O)C[C@H](c1ccc(OC)c(OC)c1)N1Cc2ccccc2C1=O. The van der Waals surface area contributed by atoms with Crippen LogP contribution in [-0.4, -0.2) is 50.1 Å². The Morgan fingerprint density at radius 1 is 1.10 bits per heavy atom. The lowest BCUT2D eigenvalue weighted by Crippen LogP contribution is -2.36. The molecule has 2 amide bonds. The van der Waals surface area contributed by atoms with Gasteiger partial charge >= 0.3 is 5.97 Å². The van der Waals surface area contributed by atoms with Crippen molar-refractivity contribution < 1.29 is 28.6 Å². The highest BCUT2D eigenvalue weighted by atomic mass is 16.5. The molecule has 8 nitrogen and oxygen atoms in total. The Morgan fingerprint density at radius 3 is 2.52 bits per heavy atom. The number of carbonyl (C=O) groups excluding carboxylic acids is 3. The van der Waals surface area contributed by atoms with Gasteiger partial charge in [0.2, 0.25) is 5.91 Å². The van der Waals surface area contributed by atoms with Gasteiger partial charge in [-0.25, -0.2) is 0 Å². The number of nitrogens with zero attached hydrogens (tertiary/aromatic N) is 1. The van der Waals surface area contributed by atoms with Crippen molar-refractivity contribution in [1.29, 1.82) is 0 Å². The maximum absolute atomic E-state index is 13.1. The molecule has 8 heteroatoms. The second kappa shape index (κ2) is 9.97. The standard InChI is InChI=1S/C23H26N2O6/c1-4-31-22(27)13-24-21(26)12-18(15-9-10-19(29-2)20(11-15)30-3)25-14-16-7-5-6-8-17(16)23(25)28/h5-11,18H,4,12-14H2,1-3H3,(H,24,26)/t18-/m1/s1. The van der Waals surface area contributed by atoms with Crippen LogP contribution in [0.4, 0.5) is 0 Å². The molecule has 1 N–H and O–H groups in total. The molecule has 31 heavy (non-hydrogen) atoms. The fraction of sp³-hybridized carbons (Fsp3) is 0.348. The highest BCUT2D eigenvalue weighted by Crippen LogP contribution is 2.37. The molecule has 0 unspecified atom stereocenters. The van der Waals surface area contributed by atoms with Crippen LogP contribution in [-0.2, 0) is 20.9 Å². The summed E-state index contributed by atoms with van der Waals surface area (Å²) in [6.45, 7) is 2.10. The van der Waals surface area contributed by atoms with Gasteiger partial charge in [0.15, 0.2) is 11.5 Å². The first-order valence-electron chi connectivity index (χ1n) is 10.0. The zero-order valence-corrected chi connectivity index (χ0v) is 17.8. The van der Waals surface area contributed by atoms with Crippen molar-refractivity contribution in [2.45, 2.75) is 25.9 Å². The third kappa shape index (κ3) is 4.96. The van der Waals surface area contributed by atoms with Crippen LogP contribution in [0.15, 0.2) is 42.5 Å². The smallest absolute Gasteiger partial charge is 0.325 e. The largest absolute Gasteiger partial charge is 0.493 e. The number of rotatable bonds is 9. The summed E-state index contributed by atoms with van der Waals surface area (Å²) in [6, 6.07) is 12.1. The number of esters is 1. The van der Waals surface area contributed by atoms with Crippen LogP contribution >= 0.6 is 0 Å². The second-order valence-electron chi connectivity index (χ2n) is 7.01. The minimum atomic E-state index is -0.554. The zero-order chi connectivity index (χ0) is 22.4. The topological polar surface area (TPSA) is 94.2 Å². The molecule has 2 aromatic carbocycles. The fourth-order valence-corrected chi connectivity index (χ4v) is 3.63. The number of methoxy groups -OCH3 is 2. The summed E-state index contributed by atoms with van der Waals surface area (Å²) < 4.78 is 15.5. The van der Waals surface area contributed by atoms with Gasteiger partial charge in [-0.15, -0.1) is 0 Å². The Kier molecular flexibility index (Phi) is 7.12. The van der Waals surface area contributed by atoms with E-state index in [-0.39, 0.29) is 31.4 Å². The minimum absolute atomic E-state index is 0.0192. The summed E-state index contributed by atoms with van der Waals surface area (Å²) in [5.74, 6) is 0.0298. The first kappa shape index (κ1) is 22.1.